The van der Waals surface area contributed by atoms with E-state index in [9.17, 15) is 0 Å². The quantitative estimate of drug-likeness (QED) is 0.567. The molecule has 2 atom stereocenters. The normalized spacial score (nSPS) is 19.8. The first-order chi connectivity index (χ1) is 13.5. The highest BCUT2D eigenvalue weighted by Gasteiger charge is 2.23. The van der Waals surface area contributed by atoms with Gasteiger partial charge in [0.15, 0.2) is 0 Å². The van der Waals surface area contributed by atoms with Gasteiger partial charge in [0.25, 0.3) is 0 Å². The average molecular weight is 375 g/mol. The van der Waals surface area contributed by atoms with Gasteiger partial charge in [-0.1, -0.05) is 49.7 Å². The van der Waals surface area contributed by atoms with Crippen molar-refractivity contribution in [2.75, 3.05) is 18.0 Å². The zero-order valence-corrected chi connectivity index (χ0v) is 17.4. The average Bonchev–Trinajstić information content (AvgIpc) is 2.67. The number of aryl methyl sites for hydroxylation is 2. The van der Waals surface area contributed by atoms with Gasteiger partial charge in [-0.3, -0.25) is 0 Å². The molecule has 0 aliphatic carbocycles. The van der Waals surface area contributed by atoms with E-state index in [0.717, 1.165) is 35.6 Å². The number of ether oxygens (including phenoxy) is 1. The summed E-state index contributed by atoms with van der Waals surface area (Å²) in [6.45, 7) is 11.6. The van der Waals surface area contributed by atoms with E-state index < -0.39 is 0 Å². The van der Waals surface area contributed by atoms with Crippen molar-refractivity contribution in [3.8, 4) is 5.75 Å². The summed E-state index contributed by atoms with van der Waals surface area (Å²) in [4.78, 5) is 7.45. The number of pyridine rings is 1. The van der Waals surface area contributed by atoms with Crippen LogP contribution in [0.5, 0.6) is 5.75 Å². The number of hydrogen-bond donors (Lipinski definition) is 0. The van der Waals surface area contributed by atoms with Crippen molar-refractivity contribution in [2.45, 2.75) is 40.7 Å². The maximum atomic E-state index is 6.24. The topological polar surface area (TPSA) is 25.4 Å². The van der Waals surface area contributed by atoms with Crippen LogP contribution in [0, 0.1) is 25.7 Å². The molecule has 1 aliphatic rings. The van der Waals surface area contributed by atoms with Crippen LogP contribution in [0.2, 0.25) is 0 Å². The molecule has 1 aromatic heterocycles. The third-order valence-corrected chi connectivity index (χ3v) is 5.75. The molecule has 1 fully saturated rings. The van der Waals surface area contributed by atoms with Crippen LogP contribution in [0.25, 0.3) is 10.9 Å². The summed E-state index contributed by atoms with van der Waals surface area (Å²) >= 11 is 0. The van der Waals surface area contributed by atoms with Gasteiger partial charge in [0, 0.05) is 18.5 Å². The summed E-state index contributed by atoms with van der Waals surface area (Å²) in [6.07, 6.45) is 1.30. The fraction of sp³-hybridized carbons (Fsp3) is 0.400. The molecule has 146 valence electrons. The second-order valence-electron chi connectivity index (χ2n) is 8.57. The Morgan fingerprint density at radius 2 is 1.79 bits per heavy atom. The lowest BCUT2D eigenvalue weighted by Gasteiger charge is -2.35. The maximum Gasteiger partial charge on any atom is 0.146 e. The van der Waals surface area contributed by atoms with Crippen molar-refractivity contribution in [3.05, 3.63) is 65.2 Å². The number of hydrogen-bond acceptors (Lipinski definition) is 3. The molecule has 0 bridgehead atoms. The predicted octanol–water partition coefficient (Wildman–Crippen LogP) is 5.91. The smallest absolute Gasteiger partial charge is 0.146 e. The predicted molar refractivity (Wildman–Crippen MR) is 117 cm³/mol. The van der Waals surface area contributed by atoms with Crippen LogP contribution in [-0.4, -0.2) is 18.1 Å². The molecule has 2 heterocycles. The number of anilines is 1. The van der Waals surface area contributed by atoms with E-state index in [1.165, 1.54) is 23.1 Å². The number of para-hydroxylation sites is 1. The highest BCUT2D eigenvalue weighted by molar-refractivity contribution is 5.86. The zero-order chi connectivity index (χ0) is 19.7. The van der Waals surface area contributed by atoms with Gasteiger partial charge in [-0.2, -0.15) is 0 Å². The molecule has 3 heteroatoms. The lowest BCUT2D eigenvalue weighted by molar-refractivity contribution is 0.308. The van der Waals surface area contributed by atoms with E-state index in [2.05, 4.69) is 69.0 Å². The highest BCUT2D eigenvalue weighted by atomic mass is 16.5. The van der Waals surface area contributed by atoms with Crippen LogP contribution < -0.4 is 9.64 Å². The van der Waals surface area contributed by atoms with Crippen molar-refractivity contribution in [1.82, 2.24) is 4.98 Å². The second kappa shape index (κ2) is 7.83. The molecule has 4 rings (SSSR count). The number of benzene rings is 2. The van der Waals surface area contributed by atoms with E-state index in [1.54, 1.807) is 0 Å². The number of aromatic nitrogens is 1. The number of fused-ring (bicyclic) bond motifs is 1. The van der Waals surface area contributed by atoms with Crippen LogP contribution in [0.4, 0.5) is 5.82 Å². The first-order valence-corrected chi connectivity index (χ1v) is 10.3. The van der Waals surface area contributed by atoms with Gasteiger partial charge in [0.1, 0.15) is 23.7 Å². The molecular formula is C25H30N2O. The van der Waals surface area contributed by atoms with Gasteiger partial charge in [-0.25, -0.2) is 4.98 Å². The molecular weight excluding hydrogens is 344 g/mol. The summed E-state index contributed by atoms with van der Waals surface area (Å²) in [6, 6.07) is 17.0. The van der Waals surface area contributed by atoms with Crippen molar-refractivity contribution in [3.63, 3.8) is 0 Å². The molecule has 0 radical (unpaired) electrons. The Morgan fingerprint density at radius 3 is 2.57 bits per heavy atom. The number of nitrogens with zero attached hydrogens (tertiary/aromatic N) is 2. The van der Waals surface area contributed by atoms with Gasteiger partial charge in [0.05, 0.1) is 0 Å². The Hall–Kier alpha value is -2.55. The van der Waals surface area contributed by atoms with E-state index in [1.807, 2.05) is 12.1 Å². The van der Waals surface area contributed by atoms with Crippen molar-refractivity contribution in [1.29, 1.82) is 0 Å². The molecule has 3 aromatic rings. The number of rotatable bonds is 4. The SMILES string of the molecule is Cc1ccc(C)c(COc2cccc3ccc(N4CC(C)CC(C)C4)nc23)c1. The van der Waals surface area contributed by atoms with Gasteiger partial charge in [0.2, 0.25) is 0 Å². The van der Waals surface area contributed by atoms with Crippen LogP contribution >= 0.6 is 0 Å². The molecule has 0 spiro atoms. The lowest BCUT2D eigenvalue weighted by Crippen LogP contribution is -2.39. The monoisotopic (exact) mass is 374 g/mol. The molecule has 2 aromatic carbocycles. The van der Waals surface area contributed by atoms with Crippen LogP contribution in [-0.2, 0) is 6.61 Å². The Morgan fingerprint density at radius 1 is 1.00 bits per heavy atom. The summed E-state index contributed by atoms with van der Waals surface area (Å²) in [5.74, 6) is 3.33. The fourth-order valence-corrected chi connectivity index (χ4v) is 4.36. The van der Waals surface area contributed by atoms with Crippen LogP contribution in [0.3, 0.4) is 0 Å². The second-order valence-corrected chi connectivity index (χ2v) is 8.57. The minimum absolute atomic E-state index is 0.566. The Kier molecular flexibility index (Phi) is 5.25. The van der Waals surface area contributed by atoms with Gasteiger partial charge in [-0.15, -0.1) is 0 Å². The standard InChI is InChI=1S/C25H30N2O/c1-17-8-9-20(4)22(13-17)16-28-23-7-5-6-21-10-11-24(26-25(21)23)27-14-18(2)12-19(3)15-27/h5-11,13,18-19H,12,14-16H2,1-4H3. The first-order valence-electron chi connectivity index (χ1n) is 10.3. The molecule has 3 nitrogen and oxygen atoms in total. The third kappa shape index (κ3) is 3.99. The number of piperidine rings is 1. The zero-order valence-electron chi connectivity index (χ0n) is 17.4. The minimum atomic E-state index is 0.566. The lowest BCUT2D eigenvalue weighted by atomic mass is 9.92. The molecule has 1 saturated heterocycles. The Balaban J connectivity index is 1.62. The minimum Gasteiger partial charge on any atom is -0.487 e. The molecule has 0 N–H and O–H groups in total. The molecule has 0 saturated carbocycles. The van der Waals surface area contributed by atoms with Gasteiger partial charge < -0.3 is 9.64 Å². The molecule has 28 heavy (non-hydrogen) atoms. The Labute approximate surface area is 168 Å². The van der Waals surface area contributed by atoms with Crippen LogP contribution in [0.1, 0.15) is 37.0 Å². The summed E-state index contributed by atoms with van der Waals surface area (Å²) < 4.78 is 6.24. The van der Waals surface area contributed by atoms with Gasteiger partial charge in [-0.05, 0) is 61.4 Å². The van der Waals surface area contributed by atoms with E-state index in [-0.39, 0.29) is 0 Å². The fourth-order valence-electron chi connectivity index (χ4n) is 4.36. The maximum absolute atomic E-state index is 6.24. The molecule has 0 amide bonds. The highest BCUT2D eigenvalue weighted by Crippen LogP contribution is 2.30. The van der Waals surface area contributed by atoms with Crippen molar-refractivity contribution < 1.29 is 4.74 Å². The first kappa shape index (κ1) is 18.8. The molecule has 1 aliphatic heterocycles. The largest absolute Gasteiger partial charge is 0.487 e. The Bertz CT molecular complexity index is 971. The summed E-state index contributed by atoms with van der Waals surface area (Å²) in [7, 11) is 0. The van der Waals surface area contributed by atoms with Gasteiger partial charge >= 0.3 is 0 Å². The van der Waals surface area contributed by atoms with Crippen LogP contribution in [0.15, 0.2) is 48.5 Å². The van der Waals surface area contributed by atoms with E-state index >= 15 is 0 Å². The summed E-state index contributed by atoms with van der Waals surface area (Å²) in [5, 5.41) is 1.13. The third-order valence-electron chi connectivity index (χ3n) is 5.75. The van der Waals surface area contributed by atoms with Crippen molar-refractivity contribution in [2.24, 2.45) is 11.8 Å². The van der Waals surface area contributed by atoms with Crippen molar-refractivity contribution >= 4 is 16.7 Å². The summed E-state index contributed by atoms with van der Waals surface area (Å²) in [5.41, 5.74) is 4.70. The van der Waals surface area contributed by atoms with E-state index in [0.29, 0.717) is 18.4 Å². The molecule has 2 unspecified atom stereocenters. The van der Waals surface area contributed by atoms with E-state index in [4.69, 9.17) is 9.72 Å².